The van der Waals surface area contributed by atoms with Crippen LogP contribution in [0.5, 0.6) is 0 Å². The van der Waals surface area contributed by atoms with Crippen LogP contribution in [0.15, 0.2) is 12.1 Å². The molecule has 2 aliphatic rings. The maximum Gasteiger partial charge on any atom is 0.453 e. The quantitative estimate of drug-likeness (QED) is 0.770. The molecule has 7 nitrogen and oxygen atoms in total. The molecule has 4 rings (SSSR count). The number of esters is 1. The minimum atomic E-state index is -4.62. The minimum Gasteiger partial charge on any atom is -0.465 e. The molecule has 0 radical (unpaired) electrons. The Kier molecular flexibility index (Phi) is 4.20. The first-order valence-corrected chi connectivity index (χ1v) is 8.63. The molecule has 1 aliphatic heterocycles. The van der Waals surface area contributed by atoms with E-state index in [9.17, 15) is 18.0 Å². The van der Waals surface area contributed by atoms with Gasteiger partial charge in [0.05, 0.1) is 12.5 Å². The predicted molar refractivity (Wildman–Crippen MR) is 84.4 cm³/mol. The highest BCUT2D eigenvalue weighted by Crippen LogP contribution is 2.30. The van der Waals surface area contributed by atoms with Crippen LogP contribution in [0.3, 0.4) is 0 Å². The largest absolute Gasteiger partial charge is 0.465 e. The maximum absolute atomic E-state index is 13.0. The van der Waals surface area contributed by atoms with Crippen molar-refractivity contribution in [3.05, 3.63) is 18.0 Å². The third kappa shape index (κ3) is 3.45. The Labute approximate surface area is 147 Å². The second-order valence-electron chi connectivity index (χ2n) is 6.82. The number of nitrogens with zero attached hydrogens (tertiary/aromatic N) is 5. The topological polar surface area (TPSA) is 72.6 Å². The first-order chi connectivity index (χ1) is 12.4. The van der Waals surface area contributed by atoms with Crippen molar-refractivity contribution >= 4 is 17.4 Å². The summed E-state index contributed by atoms with van der Waals surface area (Å²) in [5, 5.41) is 10.7. The number of fused-ring (bicyclic) bond motifs is 1. The van der Waals surface area contributed by atoms with Crippen molar-refractivity contribution in [3.63, 3.8) is 0 Å². The molecule has 0 unspecified atom stereocenters. The average Bonchev–Trinajstić information content (AvgIpc) is 3.35. The zero-order valence-corrected chi connectivity index (χ0v) is 13.9. The number of hydrogen-bond acceptors (Lipinski definition) is 6. The van der Waals surface area contributed by atoms with Crippen LogP contribution in [0.1, 0.15) is 31.5 Å². The summed E-state index contributed by atoms with van der Waals surface area (Å²) in [5.41, 5.74) is 0.0413. The van der Waals surface area contributed by atoms with E-state index in [1.54, 1.807) is 6.07 Å². The van der Waals surface area contributed by atoms with E-state index in [0.29, 0.717) is 48.8 Å². The van der Waals surface area contributed by atoms with Gasteiger partial charge in [0.25, 0.3) is 5.82 Å². The van der Waals surface area contributed by atoms with Crippen molar-refractivity contribution in [1.29, 1.82) is 0 Å². The Hall–Kier alpha value is -2.39. The van der Waals surface area contributed by atoms with Crippen LogP contribution in [0.4, 0.5) is 19.0 Å². The molecule has 0 amide bonds. The van der Waals surface area contributed by atoms with Crippen molar-refractivity contribution < 1.29 is 22.7 Å². The first kappa shape index (κ1) is 17.0. The molecular weight excluding hydrogens is 351 g/mol. The molecule has 0 atom stereocenters. The molecule has 140 valence electrons. The Balaban J connectivity index is 1.43. The van der Waals surface area contributed by atoms with Gasteiger partial charge < -0.3 is 9.64 Å². The van der Waals surface area contributed by atoms with Gasteiger partial charge >= 0.3 is 12.1 Å². The molecule has 2 aromatic rings. The van der Waals surface area contributed by atoms with Gasteiger partial charge in [-0.05, 0) is 43.7 Å². The monoisotopic (exact) mass is 369 g/mol. The molecule has 1 saturated carbocycles. The summed E-state index contributed by atoms with van der Waals surface area (Å²) in [5.74, 6) is -0.533. The van der Waals surface area contributed by atoms with Crippen LogP contribution >= 0.6 is 0 Å². The molecule has 3 heterocycles. The van der Waals surface area contributed by atoms with E-state index >= 15 is 0 Å². The molecule has 1 aliphatic carbocycles. The van der Waals surface area contributed by atoms with Gasteiger partial charge in [-0.3, -0.25) is 4.79 Å². The van der Waals surface area contributed by atoms with Crippen molar-refractivity contribution in [1.82, 2.24) is 19.8 Å². The fraction of sp³-hybridized carbons (Fsp3) is 0.625. The second kappa shape index (κ2) is 6.40. The van der Waals surface area contributed by atoms with Crippen LogP contribution in [-0.4, -0.2) is 45.5 Å². The van der Waals surface area contributed by atoms with Crippen LogP contribution in [0.25, 0.3) is 5.65 Å². The molecule has 10 heteroatoms. The van der Waals surface area contributed by atoms with Gasteiger partial charge in [-0.2, -0.15) is 17.7 Å². The van der Waals surface area contributed by atoms with Crippen LogP contribution < -0.4 is 4.90 Å². The zero-order valence-electron chi connectivity index (χ0n) is 13.9. The standard InChI is InChI=1S/C16H18F3N5O2/c17-16(18,19)15-21-20-12-3-4-13(22-24(12)15)23-7-5-11(6-8-23)14(25)26-9-10-1-2-10/h3-4,10-11H,1-2,5-9H2. The summed E-state index contributed by atoms with van der Waals surface area (Å²) < 4.78 is 45.0. The van der Waals surface area contributed by atoms with Crippen molar-refractivity contribution in [2.24, 2.45) is 11.8 Å². The van der Waals surface area contributed by atoms with Gasteiger partial charge in [-0.15, -0.1) is 15.3 Å². The lowest BCUT2D eigenvalue weighted by atomic mass is 9.97. The van der Waals surface area contributed by atoms with E-state index in [0.717, 1.165) is 12.8 Å². The lowest BCUT2D eigenvalue weighted by Crippen LogP contribution is -2.37. The molecule has 0 aromatic carbocycles. The molecule has 26 heavy (non-hydrogen) atoms. The van der Waals surface area contributed by atoms with Crippen molar-refractivity contribution in [3.8, 4) is 0 Å². The van der Waals surface area contributed by atoms with Gasteiger partial charge in [-0.25, -0.2) is 0 Å². The highest BCUT2D eigenvalue weighted by molar-refractivity contribution is 5.72. The number of aromatic nitrogens is 4. The molecule has 2 aromatic heterocycles. The summed E-state index contributed by atoms with van der Waals surface area (Å²) >= 11 is 0. The number of ether oxygens (including phenoxy) is 1. The fourth-order valence-electron chi connectivity index (χ4n) is 3.07. The first-order valence-electron chi connectivity index (χ1n) is 8.63. The summed E-state index contributed by atoms with van der Waals surface area (Å²) in [6.07, 6.45) is -1.18. The normalized spacial score (nSPS) is 19.1. The third-order valence-corrected chi connectivity index (χ3v) is 4.81. The smallest absolute Gasteiger partial charge is 0.453 e. The Morgan fingerprint density at radius 3 is 2.54 bits per heavy atom. The number of halogens is 3. The van der Waals surface area contributed by atoms with E-state index in [4.69, 9.17) is 4.74 Å². The van der Waals surface area contributed by atoms with E-state index in [2.05, 4.69) is 15.3 Å². The Morgan fingerprint density at radius 1 is 1.15 bits per heavy atom. The summed E-state index contributed by atoms with van der Waals surface area (Å²) in [6, 6.07) is 3.08. The summed E-state index contributed by atoms with van der Waals surface area (Å²) in [6.45, 7) is 1.57. The number of carbonyl (C=O) groups excluding carboxylic acids is 1. The zero-order chi connectivity index (χ0) is 18.3. The number of piperidine rings is 1. The van der Waals surface area contributed by atoms with Gasteiger partial charge in [0.15, 0.2) is 5.65 Å². The summed E-state index contributed by atoms with van der Waals surface area (Å²) in [7, 11) is 0. The van der Waals surface area contributed by atoms with E-state index in [-0.39, 0.29) is 17.5 Å². The molecule has 1 saturated heterocycles. The predicted octanol–water partition coefficient (Wildman–Crippen LogP) is 2.31. The maximum atomic E-state index is 13.0. The van der Waals surface area contributed by atoms with Gasteiger partial charge in [0, 0.05) is 13.1 Å². The minimum absolute atomic E-state index is 0.0413. The number of carbonyl (C=O) groups is 1. The third-order valence-electron chi connectivity index (χ3n) is 4.81. The number of anilines is 1. The van der Waals surface area contributed by atoms with E-state index < -0.39 is 12.0 Å². The van der Waals surface area contributed by atoms with Crippen LogP contribution in [0.2, 0.25) is 0 Å². The number of hydrogen-bond donors (Lipinski definition) is 0. The number of alkyl halides is 3. The van der Waals surface area contributed by atoms with E-state index in [1.807, 2.05) is 4.90 Å². The molecule has 0 spiro atoms. The average molecular weight is 369 g/mol. The van der Waals surface area contributed by atoms with Gasteiger partial charge in [-0.1, -0.05) is 0 Å². The SMILES string of the molecule is O=C(OCC1CC1)C1CCN(c2ccc3nnc(C(F)(F)F)n3n2)CC1. The Bertz CT molecular complexity index is 810. The second-order valence-corrected chi connectivity index (χ2v) is 6.82. The highest BCUT2D eigenvalue weighted by atomic mass is 19.4. The lowest BCUT2D eigenvalue weighted by Gasteiger charge is -2.31. The van der Waals surface area contributed by atoms with Crippen molar-refractivity contribution in [2.75, 3.05) is 24.6 Å². The molecule has 0 N–H and O–H groups in total. The number of rotatable bonds is 4. The molecule has 0 bridgehead atoms. The van der Waals surface area contributed by atoms with Crippen molar-refractivity contribution in [2.45, 2.75) is 31.9 Å². The van der Waals surface area contributed by atoms with Crippen LogP contribution in [-0.2, 0) is 15.7 Å². The van der Waals surface area contributed by atoms with E-state index in [1.165, 1.54) is 6.07 Å². The Morgan fingerprint density at radius 2 is 1.88 bits per heavy atom. The van der Waals surface area contributed by atoms with Crippen LogP contribution in [0, 0.1) is 11.8 Å². The molecule has 2 fully saturated rings. The molecular formula is C16H18F3N5O2. The highest BCUT2D eigenvalue weighted by Gasteiger charge is 2.38. The lowest BCUT2D eigenvalue weighted by molar-refractivity contribution is -0.150. The van der Waals surface area contributed by atoms with Gasteiger partial charge in [0.1, 0.15) is 5.82 Å². The fourth-order valence-corrected chi connectivity index (χ4v) is 3.07. The summed E-state index contributed by atoms with van der Waals surface area (Å²) in [4.78, 5) is 13.9. The van der Waals surface area contributed by atoms with Gasteiger partial charge in [0.2, 0.25) is 0 Å².